The van der Waals surface area contributed by atoms with Gasteiger partial charge in [0.15, 0.2) is 0 Å². The maximum Gasteiger partial charge on any atom is 0.213 e. The Morgan fingerprint density at radius 1 is 1.19 bits per heavy atom. The van der Waals surface area contributed by atoms with Crippen LogP contribution >= 0.6 is 0 Å². The molecular formula is C14H23N3O3S. The van der Waals surface area contributed by atoms with Crippen LogP contribution in [-0.4, -0.2) is 61.1 Å². The topological polar surface area (TPSA) is 62.7 Å². The van der Waals surface area contributed by atoms with Crippen LogP contribution in [0, 0.1) is 0 Å². The van der Waals surface area contributed by atoms with Crippen molar-refractivity contribution < 1.29 is 13.2 Å². The number of nitrogens with zero attached hydrogens (tertiary/aromatic N) is 3. The molecular weight excluding hydrogens is 290 g/mol. The normalized spacial score (nSPS) is 17.8. The molecule has 2 rings (SSSR count). The summed E-state index contributed by atoms with van der Waals surface area (Å²) in [6.45, 7) is 7.67. The highest BCUT2D eigenvalue weighted by Gasteiger charge is 2.25. The Morgan fingerprint density at radius 2 is 1.90 bits per heavy atom. The zero-order valence-corrected chi connectivity index (χ0v) is 13.5. The molecule has 0 unspecified atom stereocenters. The van der Waals surface area contributed by atoms with E-state index in [4.69, 9.17) is 4.74 Å². The minimum Gasteiger partial charge on any atom is -0.478 e. The molecule has 0 aliphatic carbocycles. The number of aromatic nitrogens is 1. The van der Waals surface area contributed by atoms with Gasteiger partial charge < -0.3 is 4.74 Å². The van der Waals surface area contributed by atoms with E-state index in [1.807, 2.05) is 25.3 Å². The van der Waals surface area contributed by atoms with E-state index < -0.39 is 10.0 Å². The zero-order chi connectivity index (χ0) is 15.3. The highest BCUT2D eigenvalue weighted by Crippen LogP contribution is 2.13. The first-order valence-corrected chi connectivity index (χ1v) is 8.94. The lowest BCUT2D eigenvalue weighted by Gasteiger charge is -2.33. The molecule has 0 N–H and O–H groups in total. The largest absolute Gasteiger partial charge is 0.478 e. The first-order chi connectivity index (χ1) is 10.0. The van der Waals surface area contributed by atoms with Gasteiger partial charge in [0, 0.05) is 45.0 Å². The zero-order valence-electron chi connectivity index (χ0n) is 12.7. The third-order valence-electron chi connectivity index (χ3n) is 3.59. The van der Waals surface area contributed by atoms with Crippen molar-refractivity contribution >= 4 is 10.0 Å². The van der Waals surface area contributed by atoms with Crippen molar-refractivity contribution in [2.24, 2.45) is 0 Å². The Labute approximate surface area is 126 Å². The lowest BCUT2D eigenvalue weighted by atomic mass is 10.2. The molecule has 1 aliphatic heterocycles. The van der Waals surface area contributed by atoms with Gasteiger partial charge in [-0.2, -0.15) is 4.31 Å². The van der Waals surface area contributed by atoms with Gasteiger partial charge in [-0.3, -0.25) is 4.90 Å². The van der Waals surface area contributed by atoms with Crippen molar-refractivity contribution in [3.8, 4) is 5.88 Å². The van der Waals surface area contributed by atoms with Gasteiger partial charge in [-0.15, -0.1) is 0 Å². The number of hydrogen-bond donors (Lipinski definition) is 0. The van der Waals surface area contributed by atoms with Crippen molar-refractivity contribution in [1.29, 1.82) is 0 Å². The molecule has 0 radical (unpaired) electrons. The monoisotopic (exact) mass is 313 g/mol. The van der Waals surface area contributed by atoms with Gasteiger partial charge in [0.25, 0.3) is 0 Å². The van der Waals surface area contributed by atoms with Gasteiger partial charge in [0.05, 0.1) is 12.4 Å². The molecule has 118 valence electrons. The second-order valence-corrected chi connectivity index (χ2v) is 7.27. The SMILES string of the molecule is CCOc1ccc(CN2CCN(S(=O)(=O)CC)CC2)cn1. The number of ether oxygens (including phenoxy) is 1. The van der Waals surface area contributed by atoms with E-state index in [1.54, 1.807) is 11.2 Å². The lowest BCUT2D eigenvalue weighted by molar-refractivity contribution is 0.181. The lowest BCUT2D eigenvalue weighted by Crippen LogP contribution is -2.48. The second kappa shape index (κ2) is 7.20. The van der Waals surface area contributed by atoms with E-state index >= 15 is 0 Å². The average molecular weight is 313 g/mol. The first kappa shape index (κ1) is 16.2. The van der Waals surface area contributed by atoms with Crippen LogP contribution in [0.15, 0.2) is 18.3 Å². The van der Waals surface area contributed by atoms with Crippen LogP contribution in [0.5, 0.6) is 5.88 Å². The number of piperazine rings is 1. The van der Waals surface area contributed by atoms with Gasteiger partial charge in [-0.1, -0.05) is 6.07 Å². The van der Waals surface area contributed by atoms with E-state index in [9.17, 15) is 8.42 Å². The standard InChI is InChI=1S/C14H23N3O3S/c1-3-20-14-6-5-13(11-15-14)12-16-7-9-17(10-8-16)21(18,19)4-2/h5-6,11H,3-4,7-10,12H2,1-2H3. The summed E-state index contributed by atoms with van der Waals surface area (Å²) in [5.41, 5.74) is 1.12. The Hall–Kier alpha value is -1.18. The molecule has 0 spiro atoms. The van der Waals surface area contributed by atoms with E-state index in [0.29, 0.717) is 25.6 Å². The molecule has 6 nitrogen and oxygen atoms in total. The van der Waals surface area contributed by atoms with Gasteiger partial charge in [-0.25, -0.2) is 13.4 Å². The number of sulfonamides is 1. The smallest absolute Gasteiger partial charge is 0.213 e. The molecule has 0 saturated carbocycles. The molecule has 1 saturated heterocycles. The Bertz CT molecular complexity index is 537. The van der Waals surface area contributed by atoms with Gasteiger partial charge >= 0.3 is 0 Å². The Morgan fingerprint density at radius 3 is 2.43 bits per heavy atom. The van der Waals surface area contributed by atoms with E-state index in [-0.39, 0.29) is 5.75 Å². The molecule has 2 heterocycles. The first-order valence-electron chi connectivity index (χ1n) is 7.33. The fourth-order valence-electron chi connectivity index (χ4n) is 2.34. The van der Waals surface area contributed by atoms with Crippen molar-refractivity contribution in [3.63, 3.8) is 0 Å². The summed E-state index contributed by atoms with van der Waals surface area (Å²) in [5.74, 6) is 0.815. The van der Waals surface area contributed by atoms with Crippen molar-refractivity contribution in [3.05, 3.63) is 23.9 Å². The van der Waals surface area contributed by atoms with Gasteiger partial charge in [0.2, 0.25) is 15.9 Å². The van der Waals surface area contributed by atoms with E-state index in [0.717, 1.165) is 25.2 Å². The van der Waals surface area contributed by atoms with Crippen molar-refractivity contribution in [1.82, 2.24) is 14.2 Å². The van der Waals surface area contributed by atoms with Crippen LogP contribution in [0.1, 0.15) is 19.4 Å². The summed E-state index contributed by atoms with van der Waals surface area (Å²) in [4.78, 5) is 6.50. The summed E-state index contributed by atoms with van der Waals surface area (Å²) in [6, 6.07) is 3.88. The predicted molar refractivity (Wildman–Crippen MR) is 81.7 cm³/mol. The summed E-state index contributed by atoms with van der Waals surface area (Å²) in [7, 11) is -3.05. The molecule has 1 aromatic rings. The maximum atomic E-state index is 11.8. The molecule has 0 bridgehead atoms. The second-order valence-electron chi connectivity index (χ2n) is 5.01. The van der Waals surface area contributed by atoms with Crippen LogP contribution in [0.4, 0.5) is 0 Å². The minimum atomic E-state index is -3.05. The Balaban J connectivity index is 1.86. The molecule has 7 heteroatoms. The van der Waals surface area contributed by atoms with Crippen molar-refractivity contribution in [2.45, 2.75) is 20.4 Å². The van der Waals surface area contributed by atoms with Crippen LogP contribution in [-0.2, 0) is 16.6 Å². The molecule has 21 heavy (non-hydrogen) atoms. The average Bonchev–Trinajstić information content (AvgIpc) is 2.50. The fourth-order valence-corrected chi connectivity index (χ4v) is 3.43. The quantitative estimate of drug-likeness (QED) is 0.782. The van der Waals surface area contributed by atoms with Crippen LogP contribution in [0.3, 0.4) is 0 Å². The maximum absolute atomic E-state index is 11.8. The third kappa shape index (κ3) is 4.39. The van der Waals surface area contributed by atoms with Gasteiger partial charge in [-0.05, 0) is 19.4 Å². The van der Waals surface area contributed by atoms with Crippen LogP contribution in [0.25, 0.3) is 0 Å². The van der Waals surface area contributed by atoms with Crippen LogP contribution in [0.2, 0.25) is 0 Å². The summed E-state index contributed by atoms with van der Waals surface area (Å²) >= 11 is 0. The van der Waals surface area contributed by atoms with E-state index in [2.05, 4.69) is 9.88 Å². The van der Waals surface area contributed by atoms with E-state index in [1.165, 1.54) is 0 Å². The summed E-state index contributed by atoms with van der Waals surface area (Å²) in [6.07, 6.45) is 1.82. The fraction of sp³-hybridized carbons (Fsp3) is 0.643. The molecule has 0 aromatic carbocycles. The minimum absolute atomic E-state index is 0.176. The van der Waals surface area contributed by atoms with Gasteiger partial charge in [0.1, 0.15) is 0 Å². The summed E-state index contributed by atoms with van der Waals surface area (Å²) < 4.78 is 30.5. The molecule has 0 amide bonds. The molecule has 1 fully saturated rings. The molecule has 1 aromatic heterocycles. The predicted octanol–water partition coefficient (Wildman–Crippen LogP) is 0.948. The number of rotatable bonds is 6. The Kier molecular flexibility index (Phi) is 5.55. The highest BCUT2D eigenvalue weighted by molar-refractivity contribution is 7.89. The van der Waals surface area contributed by atoms with Crippen LogP contribution < -0.4 is 4.74 Å². The molecule has 0 atom stereocenters. The highest BCUT2D eigenvalue weighted by atomic mass is 32.2. The number of hydrogen-bond acceptors (Lipinski definition) is 5. The summed E-state index contributed by atoms with van der Waals surface area (Å²) in [5, 5.41) is 0. The molecule has 1 aliphatic rings. The number of pyridine rings is 1. The van der Waals surface area contributed by atoms with Crippen molar-refractivity contribution in [2.75, 3.05) is 38.5 Å². The third-order valence-corrected chi connectivity index (χ3v) is 5.47.